The molecule has 0 radical (unpaired) electrons. The average Bonchev–Trinajstić information content (AvgIpc) is 2.44. The molecule has 0 saturated heterocycles. The summed E-state index contributed by atoms with van der Waals surface area (Å²) in [5.41, 5.74) is 1.20. The van der Waals surface area contributed by atoms with Crippen LogP contribution in [0.1, 0.15) is 19.4 Å². The maximum Gasteiger partial charge on any atom is 0.115 e. The Bertz CT molecular complexity index is 605. The van der Waals surface area contributed by atoms with Gasteiger partial charge in [-0.2, -0.15) is 0 Å². The Kier molecular flexibility index (Phi) is 6.55. The van der Waals surface area contributed by atoms with E-state index in [4.69, 9.17) is 11.6 Å². The van der Waals surface area contributed by atoms with Crippen LogP contribution < -0.4 is 5.32 Å². The smallest absolute Gasteiger partial charge is 0.115 e. The molecule has 2 aromatic rings. The summed E-state index contributed by atoms with van der Waals surface area (Å²) in [6.07, 6.45) is 1.79. The van der Waals surface area contributed by atoms with Crippen molar-refractivity contribution in [2.45, 2.75) is 30.3 Å². The van der Waals surface area contributed by atoms with Crippen molar-refractivity contribution in [2.75, 3.05) is 6.54 Å². The predicted molar refractivity (Wildman–Crippen MR) is 94.1 cm³/mol. The van der Waals surface area contributed by atoms with Gasteiger partial charge in [-0.1, -0.05) is 49.3 Å². The molecular formula is C16H18BrClN2S. The largest absolute Gasteiger partial charge is 0.312 e. The first-order valence-corrected chi connectivity index (χ1v) is 8.83. The Balaban J connectivity index is 2.20. The van der Waals surface area contributed by atoms with Crippen LogP contribution in [0, 0.1) is 5.92 Å². The Morgan fingerprint density at radius 1 is 1.29 bits per heavy atom. The standard InChI is InChI=1S/C16H18BrClN2S/c1-11(2)9-19-10-12-5-3-7-14(18)15(12)21-16-13(17)6-4-8-20-16/h3-8,11,19H,9-10H2,1-2H3. The lowest BCUT2D eigenvalue weighted by molar-refractivity contribution is 0.550. The maximum absolute atomic E-state index is 6.38. The fourth-order valence-electron chi connectivity index (χ4n) is 1.85. The van der Waals surface area contributed by atoms with Crippen molar-refractivity contribution in [3.63, 3.8) is 0 Å². The highest BCUT2D eigenvalue weighted by Crippen LogP contribution is 2.37. The average molecular weight is 386 g/mol. The van der Waals surface area contributed by atoms with Gasteiger partial charge in [-0.15, -0.1) is 0 Å². The van der Waals surface area contributed by atoms with Gasteiger partial charge in [0.15, 0.2) is 0 Å². The summed E-state index contributed by atoms with van der Waals surface area (Å²) in [4.78, 5) is 5.47. The molecular weight excluding hydrogens is 368 g/mol. The summed E-state index contributed by atoms with van der Waals surface area (Å²) in [7, 11) is 0. The number of pyridine rings is 1. The summed E-state index contributed by atoms with van der Waals surface area (Å²) in [6, 6.07) is 9.92. The molecule has 0 fully saturated rings. The third-order valence-corrected chi connectivity index (χ3v) is 5.37. The highest BCUT2D eigenvalue weighted by molar-refractivity contribution is 9.10. The number of rotatable bonds is 6. The summed E-state index contributed by atoms with van der Waals surface area (Å²) in [5.74, 6) is 0.630. The molecule has 0 aliphatic rings. The molecule has 2 rings (SSSR count). The fraction of sp³-hybridized carbons (Fsp3) is 0.312. The van der Waals surface area contributed by atoms with Crippen LogP contribution in [0.2, 0.25) is 5.02 Å². The minimum absolute atomic E-state index is 0.630. The van der Waals surface area contributed by atoms with Gasteiger partial charge in [0.25, 0.3) is 0 Å². The van der Waals surface area contributed by atoms with Crippen LogP contribution in [0.5, 0.6) is 0 Å². The van der Waals surface area contributed by atoms with E-state index in [0.717, 1.165) is 32.5 Å². The Hall–Kier alpha value is -0.550. The second kappa shape index (κ2) is 8.18. The minimum atomic E-state index is 0.630. The molecule has 2 nitrogen and oxygen atoms in total. The lowest BCUT2D eigenvalue weighted by Gasteiger charge is -2.13. The zero-order valence-electron chi connectivity index (χ0n) is 12.1. The number of hydrogen-bond donors (Lipinski definition) is 1. The maximum atomic E-state index is 6.38. The third kappa shape index (κ3) is 4.99. The first-order chi connectivity index (χ1) is 10.1. The molecule has 1 N–H and O–H groups in total. The SMILES string of the molecule is CC(C)CNCc1cccc(Cl)c1Sc1ncccc1Br. The first-order valence-electron chi connectivity index (χ1n) is 6.84. The molecule has 1 aromatic carbocycles. The van der Waals surface area contributed by atoms with Gasteiger partial charge in [-0.3, -0.25) is 0 Å². The summed E-state index contributed by atoms with van der Waals surface area (Å²) >= 11 is 11.5. The molecule has 0 amide bonds. The number of nitrogens with zero attached hydrogens (tertiary/aromatic N) is 1. The van der Waals surface area contributed by atoms with Crippen molar-refractivity contribution < 1.29 is 0 Å². The van der Waals surface area contributed by atoms with Crippen molar-refractivity contribution in [3.8, 4) is 0 Å². The van der Waals surface area contributed by atoms with Crippen molar-refractivity contribution >= 4 is 39.3 Å². The quantitative estimate of drug-likeness (QED) is 0.721. The highest BCUT2D eigenvalue weighted by Gasteiger charge is 2.11. The summed E-state index contributed by atoms with van der Waals surface area (Å²) in [5, 5.41) is 5.16. The number of halogens is 2. The lowest BCUT2D eigenvalue weighted by Crippen LogP contribution is -2.19. The predicted octanol–water partition coefficient (Wildman–Crippen LogP) is 5.39. The number of nitrogens with one attached hydrogen (secondary N) is 1. The summed E-state index contributed by atoms with van der Waals surface area (Å²) < 4.78 is 0.982. The van der Waals surface area contributed by atoms with Crippen LogP contribution in [0.4, 0.5) is 0 Å². The Morgan fingerprint density at radius 3 is 2.81 bits per heavy atom. The van der Waals surface area contributed by atoms with E-state index in [1.165, 1.54) is 5.56 Å². The van der Waals surface area contributed by atoms with Crippen LogP contribution in [0.25, 0.3) is 0 Å². The van der Waals surface area contributed by atoms with E-state index in [1.807, 2.05) is 24.3 Å². The number of aromatic nitrogens is 1. The van der Waals surface area contributed by atoms with Crippen molar-refractivity contribution in [1.82, 2.24) is 10.3 Å². The van der Waals surface area contributed by atoms with E-state index < -0.39 is 0 Å². The molecule has 112 valence electrons. The molecule has 0 atom stereocenters. The van der Waals surface area contributed by atoms with E-state index in [9.17, 15) is 0 Å². The van der Waals surface area contributed by atoms with Crippen LogP contribution >= 0.6 is 39.3 Å². The third-order valence-electron chi connectivity index (χ3n) is 2.84. The Morgan fingerprint density at radius 2 is 2.10 bits per heavy atom. The van der Waals surface area contributed by atoms with Gasteiger partial charge in [-0.05, 0) is 52.2 Å². The van der Waals surface area contributed by atoms with Gasteiger partial charge in [0.05, 0.1) is 9.50 Å². The molecule has 0 saturated carbocycles. The molecule has 1 aromatic heterocycles. The second-order valence-electron chi connectivity index (χ2n) is 5.15. The fourth-order valence-corrected chi connectivity index (χ4v) is 3.56. The Labute approximate surface area is 143 Å². The molecule has 0 bridgehead atoms. The van der Waals surface area contributed by atoms with Crippen molar-refractivity contribution in [3.05, 3.63) is 51.6 Å². The van der Waals surface area contributed by atoms with Crippen LogP contribution in [-0.4, -0.2) is 11.5 Å². The first kappa shape index (κ1) is 16.8. The van der Waals surface area contributed by atoms with Gasteiger partial charge in [-0.25, -0.2) is 4.98 Å². The van der Waals surface area contributed by atoms with Gasteiger partial charge in [0, 0.05) is 17.6 Å². The van der Waals surface area contributed by atoms with Crippen molar-refractivity contribution in [1.29, 1.82) is 0 Å². The van der Waals surface area contributed by atoms with Crippen molar-refractivity contribution in [2.24, 2.45) is 5.92 Å². The van der Waals surface area contributed by atoms with Gasteiger partial charge >= 0.3 is 0 Å². The normalized spacial score (nSPS) is 11.1. The highest BCUT2D eigenvalue weighted by atomic mass is 79.9. The van der Waals surface area contributed by atoms with Crippen LogP contribution in [0.15, 0.2) is 50.9 Å². The molecule has 21 heavy (non-hydrogen) atoms. The van der Waals surface area contributed by atoms with E-state index in [2.05, 4.69) is 46.1 Å². The minimum Gasteiger partial charge on any atom is -0.312 e. The van der Waals surface area contributed by atoms with Gasteiger partial charge < -0.3 is 5.32 Å². The van der Waals surface area contributed by atoms with E-state index in [0.29, 0.717) is 5.92 Å². The molecule has 1 heterocycles. The number of benzene rings is 1. The molecule has 0 aliphatic heterocycles. The monoisotopic (exact) mass is 384 g/mol. The molecule has 0 spiro atoms. The molecule has 0 unspecified atom stereocenters. The number of hydrogen-bond acceptors (Lipinski definition) is 3. The van der Waals surface area contributed by atoms with Gasteiger partial charge in [0.2, 0.25) is 0 Å². The molecule has 5 heteroatoms. The van der Waals surface area contributed by atoms with Gasteiger partial charge in [0.1, 0.15) is 5.03 Å². The zero-order valence-corrected chi connectivity index (χ0v) is 15.2. The van der Waals surface area contributed by atoms with Crippen LogP contribution in [-0.2, 0) is 6.54 Å². The van der Waals surface area contributed by atoms with E-state index in [-0.39, 0.29) is 0 Å². The zero-order chi connectivity index (χ0) is 15.2. The van der Waals surface area contributed by atoms with E-state index in [1.54, 1.807) is 18.0 Å². The van der Waals surface area contributed by atoms with Crippen LogP contribution in [0.3, 0.4) is 0 Å². The van der Waals surface area contributed by atoms with E-state index >= 15 is 0 Å². The second-order valence-corrected chi connectivity index (χ2v) is 7.41. The lowest BCUT2D eigenvalue weighted by atomic mass is 10.2. The topological polar surface area (TPSA) is 24.9 Å². The molecule has 0 aliphatic carbocycles. The summed E-state index contributed by atoms with van der Waals surface area (Å²) in [6.45, 7) is 6.20.